The summed E-state index contributed by atoms with van der Waals surface area (Å²) in [4.78, 5) is 28.9. The van der Waals surface area contributed by atoms with E-state index in [-0.39, 0.29) is 40.6 Å². The van der Waals surface area contributed by atoms with Crippen molar-refractivity contribution in [2.24, 2.45) is 0 Å². The molecule has 0 bridgehead atoms. The van der Waals surface area contributed by atoms with Crippen LogP contribution in [0.15, 0.2) is 63.8 Å². The van der Waals surface area contributed by atoms with E-state index in [0.717, 1.165) is 11.1 Å². The fraction of sp³-hybridized carbons (Fsp3) is 0.185. The quantitative estimate of drug-likeness (QED) is 0.464. The topological polar surface area (TPSA) is 80.0 Å². The normalized spacial score (nSPS) is 15.1. The third-order valence-corrected chi connectivity index (χ3v) is 6.20. The van der Waals surface area contributed by atoms with Crippen LogP contribution in [0.3, 0.4) is 0 Å². The average molecular weight is 459 g/mol. The van der Waals surface area contributed by atoms with Gasteiger partial charge in [-0.1, -0.05) is 24.3 Å². The number of carbonyl (C=O) groups is 1. The van der Waals surface area contributed by atoms with Crippen molar-refractivity contribution in [2.75, 3.05) is 7.11 Å². The van der Waals surface area contributed by atoms with Gasteiger partial charge >= 0.3 is 0 Å². The highest BCUT2D eigenvalue weighted by molar-refractivity contribution is 5.99. The zero-order chi connectivity index (χ0) is 24.1. The van der Waals surface area contributed by atoms with E-state index in [1.165, 1.54) is 30.2 Å². The molecule has 0 radical (unpaired) electrons. The monoisotopic (exact) mass is 459 g/mol. The van der Waals surface area contributed by atoms with Crippen LogP contribution in [0.1, 0.15) is 44.4 Å². The van der Waals surface area contributed by atoms with E-state index in [2.05, 4.69) is 0 Å². The van der Waals surface area contributed by atoms with Gasteiger partial charge in [-0.2, -0.15) is 0 Å². The lowest BCUT2D eigenvalue weighted by Gasteiger charge is -2.25. The van der Waals surface area contributed by atoms with Crippen molar-refractivity contribution in [2.45, 2.75) is 26.4 Å². The van der Waals surface area contributed by atoms with Gasteiger partial charge in [0.05, 0.1) is 24.1 Å². The Hall–Kier alpha value is -4.13. The molecule has 1 aliphatic heterocycles. The standard InChI is InChI=1S/C27H22FNO5/c1-14-10-15(2)22-21(11-14)34-26-23(25(22)31)24(17-6-9-19(30)20(12-17)33-3)29(27(26)32)13-16-4-7-18(28)8-5-16/h4-12,24,30H,13H2,1-3H3/t24-/m1/s1. The van der Waals surface area contributed by atoms with Crippen LogP contribution in [0.5, 0.6) is 11.5 Å². The lowest BCUT2D eigenvalue weighted by Crippen LogP contribution is -2.29. The predicted octanol–water partition coefficient (Wildman–Crippen LogP) is 5.01. The minimum Gasteiger partial charge on any atom is -0.504 e. The maximum Gasteiger partial charge on any atom is 0.291 e. The molecule has 34 heavy (non-hydrogen) atoms. The van der Waals surface area contributed by atoms with Crippen molar-refractivity contribution < 1.29 is 23.4 Å². The first-order valence-corrected chi connectivity index (χ1v) is 10.8. The lowest BCUT2D eigenvalue weighted by atomic mass is 9.96. The number of nitrogens with zero attached hydrogens (tertiary/aromatic N) is 1. The number of halogens is 1. The van der Waals surface area contributed by atoms with Gasteiger partial charge in [0.2, 0.25) is 5.76 Å². The van der Waals surface area contributed by atoms with Crippen molar-refractivity contribution in [1.82, 2.24) is 4.90 Å². The second kappa shape index (κ2) is 8.02. The Labute approximate surface area is 194 Å². The van der Waals surface area contributed by atoms with E-state index in [1.54, 1.807) is 30.3 Å². The molecule has 1 aromatic heterocycles. The van der Waals surface area contributed by atoms with Gasteiger partial charge < -0.3 is 19.2 Å². The first-order valence-electron chi connectivity index (χ1n) is 10.8. The number of amides is 1. The van der Waals surface area contributed by atoms with E-state index in [1.807, 2.05) is 19.9 Å². The summed E-state index contributed by atoms with van der Waals surface area (Å²) in [7, 11) is 1.43. The van der Waals surface area contributed by atoms with E-state index in [0.29, 0.717) is 22.1 Å². The van der Waals surface area contributed by atoms with Crippen molar-refractivity contribution in [1.29, 1.82) is 0 Å². The second-order valence-electron chi connectivity index (χ2n) is 8.52. The summed E-state index contributed by atoms with van der Waals surface area (Å²) >= 11 is 0. The van der Waals surface area contributed by atoms with Gasteiger partial charge in [0.1, 0.15) is 11.4 Å². The van der Waals surface area contributed by atoms with Gasteiger partial charge in [-0.05, 0) is 66.4 Å². The smallest absolute Gasteiger partial charge is 0.291 e. The maximum absolute atomic E-state index is 13.8. The largest absolute Gasteiger partial charge is 0.504 e. The highest BCUT2D eigenvalue weighted by Gasteiger charge is 2.43. The van der Waals surface area contributed by atoms with E-state index < -0.39 is 11.9 Å². The molecule has 0 spiro atoms. The number of hydrogen-bond acceptors (Lipinski definition) is 5. The molecule has 1 amide bonds. The molecule has 4 aromatic rings. The summed E-state index contributed by atoms with van der Waals surface area (Å²) in [5, 5.41) is 10.5. The number of ether oxygens (including phenoxy) is 1. The number of carbonyl (C=O) groups excluding carboxylic acids is 1. The van der Waals surface area contributed by atoms with E-state index in [9.17, 15) is 19.1 Å². The highest BCUT2D eigenvalue weighted by atomic mass is 19.1. The third-order valence-electron chi connectivity index (χ3n) is 6.20. The SMILES string of the molecule is COc1cc([C@@H]2c3c(oc4cc(C)cc(C)c4c3=O)C(=O)N2Cc2ccc(F)cc2)ccc1O. The molecule has 3 aromatic carbocycles. The molecule has 1 aliphatic rings. The van der Waals surface area contributed by atoms with Crippen LogP contribution in [0.4, 0.5) is 4.39 Å². The zero-order valence-corrected chi connectivity index (χ0v) is 18.9. The summed E-state index contributed by atoms with van der Waals surface area (Å²) < 4.78 is 24.8. The van der Waals surface area contributed by atoms with Gasteiger partial charge in [0, 0.05) is 6.54 Å². The van der Waals surface area contributed by atoms with Crippen molar-refractivity contribution in [3.63, 3.8) is 0 Å². The Morgan fingerprint density at radius 2 is 1.79 bits per heavy atom. The average Bonchev–Trinajstić information content (AvgIpc) is 3.07. The Morgan fingerprint density at radius 3 is 2.50 bits per heavy atom. The molecule has 0 fully saturated rings. The molecule has 0 saturated carbocycles. The van der Waals surface area contributed by atoms with Crippen LogP contribution in [0, 0.1) is 19.7 Å². The summed E-state index contributed by atoms with van der Waals surface area (Å²) in [5.74, 6) is -0.667. The highest BCUT2D eigenvalue weighted by Crippen LogP contribution is 2.41. The molecular formula is C27H22FNO5. The number of rotatable bonds is 4. The molecule has 172 valence electrons. The van der Waals surface area contributed by atoms with Gasteiger partial charge in [0.15, 0.2) is 16.9 Å². The predicted molar refractivity (Wildman–Crippen MR) is 125 cm³/mol. The molecule has 0 aliphatic carbocycles. The molecule has 0 unspecified atom stereocenters. The molecule has 7 heteroatoms. The fourth-order valence-corrected chi connectivity index (χ4v) is 4.67. The van der Waals surface area contributed by atoms with E-state index in [4.69, 9.17) is 9.15 Å². The van der Waals surface area contributed by atoms with Crippen LogP contribution in [0.25, 0.3) is 11.0 Å². The fourth-order valence-electron chi connectivity index (χ4n) is 4.67. The molecule has 5 rings (SSSR count). The van der Waals surface area contributed by atoms with Crippen LogP contribution >= 0.6 is 0 Å². The first kappa shape index (κ1) is 21.7. The number of methoxy groups -OCH3 is 1. The van der Waals surface area contributed by atoms with Gasteiger partial charge in [-0.15, -0.1) is 0 Å². The second-order valence-corrected chi connectivity index (χ2v) is 8.52. The maximum atomic E-state index is 13.8. The third kappa shape index (κ3) is 3.41. The summed E-state index contributed by atoms with van der Waals surface area (Å²) in [5.41, 5.74) is 3.28. The molecule has 6 nitrogen and oxygen atoms in total. The molecular weight excluding hydrogens is 437 g/mol. The van der Waals surface area contributed by atoms with Crippen molar-refractivity contribution >= 4 is 16.9 Å². The van der Waals surface area contributed by atoms with Crippen LogP contribution < -0.4 is 10.2 Å². The van der Waals surface area contributed by atoms with Crippen LogP contribution in [-0.4, -0.2) is 23.0 Å². The minimum absolute atomic E-state index is 0.0124. The van der Waals surface area contributed by atoms with Gasteiger partial charge in [-0.3, -0.25) is 9.59 Å². The molecule has 2 heterocycles. The Bertz CT molecular complexity index is 1510. The number of aryl methyl sites for hydroxylation is 2. The van der Waals surface area contributed by atoms with Crippen molar-refractivity contribution in [3.05, 3.63) is 104 Å². The van der Waals surface area contributed by atoms with Gasteiger partial charge in [-0.25, -0.2) is 4.39 Å². The molecule has 1 N–H and O–H groups in total. The number of phenols is 1. The molecule has 0 saturated heterocycles. The zero-order valence-electron chi connectivity index (χ0n) is 18.9. The summed E-state index contributed by atoms with van der Waals surface area (Å²) in [6, 6.07) is 13.4. The number of phenolic OH excluding ortho intramolecular Hbond substituents is 1. The minimum atomic E-state index is -0.775. The van der Waals surface area contributed by atoms with Crippen LogP contribution in [-0.2, 0) is 6.54 Å². The summed E-state index contributed by atoms with van der Waals surface area (Å²) in [6.07, 6.45) is 0. The van der Waals surface area contributed by atoms with Crippen LogP contribution in [0.2, 0.25) is 0 Å². The Morgan fingerprint density at radius 1 is 1.06 bits per heavy atom. The van der Waals surface area contributed by atoms with Gasteiger partial charge in [0.25, 0.3) is 5.91 Å². The first-order chi connectivity index (χ1) is 16.3. The summed E-state index contributed by atoms with van der Waals surface area (Å²) in [6.45, 7) is 3.86. The molecule has 1 atom stereocenters. The number of benzene rings is 3. The number of fused-ring (bicyclic) bond motifs is 2. The van der Waals surface area contributed by atoms with Crippen molar-refractivity contribution in [3.8, 4) is 11.5 Å². The Kier molecular flexibility index (Phi) is 5.12. The number of aromatic hydroxyl groups is 1. The Balaban J connectivity index is 1.76. The number of hydrogen-bond donors (Lipinski definition) is 1. The lowest BCUT2D eigenvalue weighted by molar-refractivity contribution is 0.0714. The van der Waals surface area contributed by atoms with E-state index >= 15 is 0 Å².